The minimum absolute atomic E-state index is 0.144. The van der Waals surface area contributed by atoms with E-state index in [2.05, 4.69) is 45.9 Å². The number of thiazole rings is 1. The van der Waals surface area contributed by atoms with Gasteiger partial charge in [0, 0.05) is 16.5 Å². The van der Waals surface area contributed by atoms with Gasteiger partial charge in [0.1, 0.15) is 5.01 Å². The van der Waals surface area contributed by atoms with Crippen molar-refractivity contribution in [3.63, 3.8) is 0 Å². The molecule has 1 aromatic carbocycles. The van der Waals surface area contributed by atoms with Crippen LogP contribution in [0, 0.1) is 19.3 Å². The molecule has 2 N–H and O–H groups in total. The third-order valence-corrected chi connectivity index (χ3v) is 5.23. The monoisotopic (exact) mass is 286 g/mol. The maximum absolute atomic E-state index is 6.34. The summed E-state index contributed by atoms with van der Waals surface area (Å²) in [5, 5.41) is 1.12. The van der Waals surface area contributed by atoms with Crippen LogP contribution in [0.15, 0.2) is 18.2 Å². The van der Waals surface area contributed by atoms with Gasteiger partial charge in [-0.1, -0.05) is 31.0 Å². The molecule has 1 aliphatic rings. The molecule has 0 saturated carbocycles. The summed E-state index contributed by atoms with van der Waals surface area (Å²) in [6.45, 7) is 8.84. The number of nitrogens with two attached hydrogens (primary N) is 1. The maximum atomic E-state index is 6.34. The molecule has 1 unspecified atom stereocenters. The van der Waals surface area contributed by atoms with Gasteiger partial charge >= 0.3 is 0 Å². The number of benzene rings is 1. The molecule has 3 heteroatoms. The first-order chi connectivity index (χ1) is 9.34. The Bertz CT molecular complexity index is 635. The number of hydrogen-bond donors (Lipinski definition) is 1. The van der Waals surface area contributed by atoms with E-state index in [9.17, 15) is 0 Å². The van der Waals surface area contributed by atoms with Crippen molar-refractivity contribution in [1.29, 1.82) is 0 Å². The first-order valence-corrected chi connectivity index (χ1v) is 7.99. The minimum atomic E-state index is 0.144. The average molecular weight is 286 g/mol. The summed E-state index contributed by atoms with van der Waals surface area (Å²) in [7, 11) is 0. The lowest BCUT2D eigenvalue weighted by atomic mass is 9.77. The zero-order valence-corrected chi connectivity index (χ0v) is 13.5. The molecule has 3 rings (SSSR count). The van der Waals surface area contributed by atoms with Gasteiger partial charge in [0.25, 0.3) is 0 Å². The van der Waals surface area contributed by atoms with Crippen molar-refractivity contribution in [3.8, 4) is 10.6 Å². The molecule has 0 fully saturated rings. The SMILES string of the molecule is Cc1cc(C)cc(-c2nc3c(s2)C(N)CC(C)(C)C3)c1. The Balaban J connectivity index is 2.05. The molecule has 0 saturated heterocycles. The Morgan fingerprint density at radius 1 is 1.20 bits per heavy atom. The minimum Gasteiger partial charge on any atom is -0.323 e. The second-order valence-electron chi connectivity index (χ2n) is 6.86. The predicted octanol–water partition coefficient (Wildman–Crippen LogP) is 4.40. The van der Waals surface area contributed by atoms with E-state index in [4.69, 9.17) is 10.7 Å². The third kappa shape index (κ3) is 2.52. The molecule has 1 atom stereocenters. The van der Waals surface area contributed by atoms with Crippen LogP contribution >= 0.6 is 11.3 Å². The second kappa shape index (κ2) is 4.68. The van der Waals surface area contributed by atoms with Crippen LogP contribution in [0.25, 0.3) is 10.6 Å². The van der Waals surface area contributed by atoms with Crippen LogP contribution in [0.3, 0.4) is 0 Å². The number of rotatable bonds is 1. The van der Waals surface area contributed by atoms with Crippen molar-refractivity contribution in [2.75, 3.05) is 0 Å². The number of hydrogen-bond acceptors (Lipinski definition) is 3. The van der Waals surface area contributed by atoms with E-state index in [1.807, 2.05) is 0 Å². The zero-order chi connectivity index (χ0) is 14.5. The smallest absolute Gasteiger partial charge is 0.123 e. The molecule has 1 aromatic heterocycles. The van der Waals surface area contributed by atoms with Crippen molar-refractivity contribution < 1.29 is 0 Å². The summed E-state index contributed by atoms with van der Waals surface area (Å²) >= 11 is 1.78. The van der Waals surface area contributed by atoms with E-state index in [0.29, 0.717) is 0 Å². The molecular weight excluding hydrogens is 264 g/mol. The zero-order valence-electron chi connectivity index (χ0n) is 12.7. The number of aromatic nitrogens is 1. The molecule has 0 aliphatic heterocycles. The summed E-state index contributed by atoms with van der Waals surface area (Å²) in [6.07, 6.45) is 2.09. The van der Waals surface area contributed by atoms with Gasteiger partial charge in [-0.15, -0.1) is 11.3 Å². The van der Waals surface area contributed by atoms with E-state index in [-0.39, 0.29) is 11.5 Å². The van der Waals surface area contributed by atoms with Crippen LogP contribution in [-0.4, -0.2) is 4.98 Å². The van der Waals surface area contributed by atoms with E-state index in [0.717, 1.165) is 17.8 Å². The summed E-state index contributed by atoms with van der Waals surface area (Å²) in [4.78, 5) is 6.18. The predicted molar refractivity (Wildman–Crippen MR) is 86.1 cm³/mol. The molecule has 20 heavy (non-hydrogen) atoms. The lowest BCUT2D eigenvalue weighted by molar-refractivity contribution is 0.282. The molecule has 2 nitrogen and oxygen atoms in total. The van der Waals surface area contributed by atoms with E-state index >= 15 is 0 Å². The third-order valence-electron chi connectivity index (χ3n) is 3.95. The first-order valence-electron chi connectivity index (χ1n) is 7.18. The van der Waals surface area contributed by atoms with E-state index in [1.165, 1.54) is 27.3 Å². The van der Waals surface area contributed by atoms with Gasteiger partial charge in [-0.25, -0.2) is 4.98 Å². The fourth-order valence-corrected chi connectivity index (χ4v) is 4.29. The van der Waals surface area contributed by atoms with Gasteiger partial charge in [-0.3, -0.25) is 0 Å². The molecular formula is C17H22N2S. The van der Waals surface area contributed by atoms with Gasteiger partial charge in [0.05, 0.1) is 5.69 Å². The Morgan fingerprint density at radius 3 is 2.50 bits per heavy atom. The van der Waals surface area contributed by atoms with Gasteiger partial charge in [-0.05, 0) is 44.2 Å². The van der Waals surface area contributed by atoms with Crippen molar-refractivity contribution in [2.45, 2.75) is 46.6 Å². The topological polar surface area (TPSA) is 38.9 Å². The highest BCUT2D eigenvalue weighted by atomic mass is 32.1. The Kier molecular flexibility index (Phi) is 3.22. The quantitative estimate of drug-likeness (QED) is 0.844. The standard InChI is InChI=1S/C17H22N2S/c1-10-5-11(2)7-12(6-10)16-19-14-9-17(3,4)8-13(18)15(14)20-16/h5-7,13H,8-9,18H2,1-4H3. The van der Waals surface area contributed by atoms with E-state index < -0.39 is 0 Å². The maximum Gasteiger partial charge on any atom is 0.123 e. The van der Waals surface area contributed by atoms with Crippen molar-refractivity contribution in [1.82, 2.24) is 4.98 Å². The number of fused-ring (bicyclic) bond motifs is 1. The summed E-state index contributed by atoms with van der Waals surface area (Å²) in [5.74, 6) is 0. The number of aryl methyl sites for hydroxylation is 2. The number of nitrogens with zero attached hydrogens (tertiary/aromatic N) is 1. The summed E-state index contributed by atoms with van der Waals surface area (Å²) in [5.41, 5.74) is 11.6. The van der Waals surface area contributed by atoms with Crippen LogP contribution in [-0.2, 0) is 6.42 Å². The summed E-state index contributed by atoms with van der Waals surface area (Å²) < 4.78 is 0. The largest absolute Gasteiger partial charge is 0.323 e. The van der Waals surface area contributed by atoms with Crippen LogP contribution < -0.4 is 5.73 Å². The fourth-order valence-electron chi connectivity index (χ4n) is 3.22. The van der Waals surface area contributed by atoms with Crippen molar-refractivity contribution in [2.24, 2.45) is 11.1 Å². The highest BCUT2D eigenvalue weighted by Crippen LogP contribution is 2.43. The molecule has 0 radical (unpaired) electrons. The normalized spacial score (nSPS) is 20.8. The van der Waals surface area contributed by atoms with Crippen LogP contribution in [0.4, 0.5) is 0 Å². The van der Waals surface area contributed by atoms with Gasteiger partial charge in [0.15, 0.2) is 0 Å². The molecule has 2 aromatic rings. The lowest BCUT2D eigenvalue weighted by Crippen LogP contribution is -2.28. The Hall–Kier alpha value is -1.19. The van der Waals surface area contributed by atoms with Crippen molar-refractivity contribution in [3.05, 3.63) is 39.9 Å². The van der Waals surface area contributed by atoms with Gasteiger partial charge < -0.3 is 5.73 Å². The molecule has 0 bridgehead atoms. The highest BCUT2D eigenvalue weighted by molar-refractivity contribution is 7.15. The summed E-state index contributed by atoms with van der Waals surface area (Å²) in [6, 6.07) is 6.78. The molecule has 1 aliphatic carbocycles. The van der Waals surface area contributed by atoms with Crippen LogP contribution in [0.1, 0.15) is 48.0 Å². The molecule has 0 spiro atoms. The molecule has 1 heterocycles. The van der Waals surface area contributed by atoms with Crippen molar-refractivity contribution >= 4 is 11.3 Å². The molecule has 0 amide bonds. The highest BCUT2D eigenvalue weighted by Gasteiger charge is 2.33. The fraction of sp³-hybridized carbons (Fsp3) is 0.471. The van der Waals surface area contributed by atoms with Gasteiger partial charge in [-0.2, -0.15) is 0 Å². The second-order valence-corrected chi connectivity index (χ2v) is 7.89. The lowest BCUT2D eigenvalue weighted by Gasteiger charge is -2.32. The Labute approximate surface area is 125 Å². The first kappa shape index (κ1) is 13.8. The van der Waals surface area contributed by atoms with E-state index in [1.54, 1.807) is 11.3 Å². The van der Waals surface area contributed by atoms with Gasteiger partial charge in [0.2, 0.25) is 0 Å². The Morgan fingerprint density at radius 2 is 1.85 bits per heavy atom. The average Bonchev–Trinajstić information content (AvgIpc) is 2.69. The molecule has 106 valence electrons. The van der Waals surface area contributed by atoms with Crippen LogP contribution in [0.2, 0.25) is 0 Å². The van der Waals surface area contributed by atoms with Crippen LogP contribution in [0.5, 0.6) is 0 Å².